The second kappa shape index (κ2) is 8.17. The number of pyridine rings is 1. The van der Waals surface area contributed by atoms with E-state index in [9.17, 15) is 9.59 Å². The Labute approximate surface area is 135 Å². The third kappa shape index (κ3) is 4.45. The van der Waals surface area contributed by atoms with Crippen LogP contribution in [0, 0.1) is 0 Å². The lowest BCUT2D eigenvalue weighted by Crippen LogP contribution is -2.22. The highest BCUT2D eigenvalue weighted by atomic mass is 16.5. The predicted octanol–water partition coefficient (Wildman–Crippen LogP) is 2.86. The highest BCUT2D eigenvalue weighted by molar-refractivity contribution is 5.89. The quantitative estimate of drug-likeness (QED) is 0.737. The molecule has 5 nitrogen and oxygen atoms in total. The molecule has 0 atom stereocenters. The molecular weight excluding hydrogens is 294 g/mol. The van der Waals surface area contributed by atoms with E-state index in [1.807, 2.05) is 13.0 Å². The van der Waals surface area contributed by atoms with Gasteiger partial charge in [0.25, 0.3) is 5.56 Å². The summed E-state index contributed by atoms with van der Waals surface area (Å²) in [6, 6.07) is 10.5. The number of rotatable bonds is 7. The monoisotopic (exact) mass is 315 g/mol. The summed E-state index contributed by atoms with van der Waals surface area (Å²) in [6.07, 6.45) is 2.55. The Kier molecular flexibility index (Phi) is 5.97. The molecule has 1 aromatic carbocycles. The molecule has 0 aliphatic rings. The predicted molar refractivity (Wildman–Crippen MR) is 88.0 cm³/mol. The van der Waals surface area contributed by atoms with Gasteiger partial charge in [-0.15, -0.1) is 0 Å². The van der Waals surface area contributed by atoms with Gasteiger partial charge in [0.05, 0.1) is 25.3 Å². The first-order chi connectivity index (χ1) is 11.2. The van der Waals surface area contributed by atoms with Gasteiger partial charge in [0.1, 0.15) is 0 Å². The Bertz CT molecular complexity index is 721. The van der Waals surface area contributed by atoms with Gasteiger partial charge in [0.15, 0.2) is 5.75 Å². The molecule has 0 fully saturated rings. The SMILES string of the molecule is CCCOc1cccn(Cc2cccc(C(=O)OCC)c2)c1=O. The Morgan fingerprint density at radius 1 is 1.17 bits per heavy atom. The molecule has 5 heteroatoms. The van der Waals surface area contributed by atoms with Crippen LogP contribution in [0.25, 0.3) is 0 Å². The molecule has 0 aliphatic carbocycles. The maximum atomic E-state index is 12.3. The van der Waals surface area contributed by atoms with Crippen molar-refractivity contribution in [3.8, 4) is 5.75 Å². The molecule has 2 aromatic rings. The highest BCUT2D eigenvalue weighted by Crippen LogP contribution is 2.09. The fourth-order valence-electron chi connectivity index (χ4n) is 2.17. The number of benzene rings is 1. The van der Waals surface area contributed by atoms with E-state index in [2.05, 4.69) is 0 Å². The van der Waals surface area contributed by atoms with Crippen molar-refractivity contribution in [1.29, 1.82) is 0 Å². The van der Waals surface area contributed by atoms with Gasteiger partial charge in [0.2, 0.25) is 0 Å². The van der Waals surface area contributed by atoms with Crippen LogP contribution in [-0.2, 0) is 11.3 Å². The van der Waals surface area contributed by atoms with E-state index >= 15 is 0 Å². The molecule has 0 amide bonds. The molecule has 0 radical (unpaired) electrons. The van der Waals surface area contributed by atoms with Gasteiger partial charge >= 0.3 is 5.97 Å². The van der Waals surface area contributed by atoms with Crippen molar-refractivity contribution in [2.45, 2.75) is 26.8 Å². The average molecular weight is 315 g/mol. The second-order valence-electron chi connectivity index (χ2n) is 5.07. The highest BCUT2D eigenvalue weighted by Gasteiger charge is 2.08. The molecule has 1 aromatic heterocycles. The van der Waals surface area contributed by atoms with Crippen molar-refractivity contribution in [3.05, 3.63) is 64.1 Å². The second-order valence-corrected chi connectivity index (χ2v) is 5.07. The molecule has 23 heavy (non-hydrogen) atoms. The standard InChI is InChI=1S/C18H21NO4/c1-3-11-23-16-9-6-10-19(17(16)20)13-14-7-5-8-15(12-14)18(21)22-4-2/h5-10,12H,3-4,11,13H2,1-2H3. The van der Waals surface area contributed by atoms with Crippen LogP contribution in [0.15, 0.2) is 47.4 Å². The van der Waals surface area contributed by atoms with Crippen LogP contribution in [-0.4, -0.2) is 23.8 Å². The summed E-state index contributed by atoms with van der Waals surface area (Å²) in [5.41, 5.74) is 1.16. The summed E-state index contributed by atoms with van der Waals surface area (Å²) < 4.78 is 12.0. The summed E-state index contributed by atoms with van der Waals surface area (Å²) >= 11 is 0. The Hall–Kier alpha value is -2.56. The number of aromatic nitrogens is 1. The van der Waals surface area contributed by atoms with Crippen LogP contribution in [0.4, 0.5) is 0 Å². The van der Waals surface area contributed by atoms with Crippen molar-refractivity contribution in [2.24, 2.45) is 0 Å². The maximum absolute atomic E-state index is 12.3. The number of esters is 1. The van der Waals surface area contributed by atoms with Crippen LogP contribution in [0.2, 0.25) is 0 Å². The average Bonchev–Trinajstić information content (AvgIpc) is 2.56. The topological polar surface area (TPSA) is 57.5 Å². The first kappa shape index (κ1) is 16.8. The summed E-state index contributed by atoms with van der Waals surface area (Å²) in [6.45, 7) is 4.97. The van der Waals surface area contributed by atoms with Gasteiger partial charge in [-0.05, 0) is 43.2 Å². The summed E-state index contributed by atoms with van der Waals surface area (Å²) in [5.74, 6) is -0.0161. The van der Waals surface area contributed by atoms with Gasteiger partial charge < -0.3 is 14.0 Å². The Balaban J connectivity index is 2.21. The molecule has 0 spiro atoms. The lowest BCUT2D eigenvalue weighted by molar-refractivity contribution is 0.0526. The lowest BCUT2D eigenvalue weighted by atomic mass is 10.1. The molecule has 122 valence electrons. The first-order valence-corrected chi connectivity index (χ1v) is 7.74. The van der Waals surface area contributed by atoms with E-state index in [4.69, 9.17) is 9.47 Å². The normalized spacial score (nSPS) is 10.3. The van der Waals surface area contributed by atoms with Gasteiger partial charge in [-0.1, -0.05) is 19.1 Å². The molecule has 0 bridgehead atoms. The van der Waals surface area contributed by atoms with E-state index in [1.165, 1.54) is 0 Å². The lowest BCUT2D eigenvalue weighted by Gasteiger charge is -2.10. The number of nitrogens with zero attached hydrogens (tertiary/aromatic N) is 1. The molecule has 0 N–H and O–H groups in total. The summed E-state index contributed by atoms with van der Waals surface area (Å²) in [7, 11) is 0. The van der Waals surface area contributed by atoms with Crippen LogP contribution in [0.3, 0.4) is 0 Å². The van der Waals surface area contributed by atoms with E-state index < -0.39 is 0 Å². The van der Waals surface area contributed by atoms with Crippen molar-refractivity contribution >= 4 is 5.97 Å². The maximum Gasteiger partial charge on any atom is 0.338 e. The number of hydrogen-bond acceptors (Lipinski definition) is 4. The van der Waals surface area contributed by atoms with Crippen molar-refractivity contribution in [3.63, 3.8) is 0 Å². The van der Waals surface area contributed by atoms with Crippen LogP contribution in [0.5, 0.6) is 5.75 Å². The molecular formula is C18H21NO4. The molecule has 0 aliphatic heterocycles. The zero-order valence-electron chi connectivity index (χ0n) is 13.5. The van der Waals surface area contributed by atoms with Crippen molar-refractivity contribution in [1.82, 2.24) is 4.57 Å². The molecule has 1 heterocycles. The number of ether oxygens (including phenoxy) is 2. The Morgan fingerprint density at radius 3 is 2.74 bits per heavy atom. The zero-order chi connectivity index (χ0) is 16.7. The number of carbonyl (C=O) groups is 1. The summed E-state index contributed by atoms with van der Waals surface area (Å²) in [4.78, 5) is 24.1. The van der Waals surface area contributed by atoms with Crippen molar-refractivity contribution < 1.29 is 14.3 Å². The van der Waals surface area contributed by atoms with E-state index in [-0.39, 0.29) is 11.5 Å². The third-order valence-electron chi connectivity index (χ3n) is 3.24. The van der Waals surface area contributed by atoms with Gasteiger partial charge in [0, 0.05) is 6.20 Å². The fraction of sp³-hybridized carbons (Fsp3) is 0.333. The van der Waals surface area contributed by atoms with E-state index in [0.29, 0.717) is 31.1 Å². The largest absolute Gasteiger partial charge is 0.488 e. The third-order valence-corrected chi connectivity index (χ3v) is 3.24. The number of carbonyl (C=O) groups excluding carboxylic acids is 1. The molecule has 2 rings (SSSR count). The minimum atomic E-state index is -0.360. The molecule has 0 saturated carbocycles. The van der Waals surface area contributed by atoms with Gasteiger partial charge in [-0.25, -0.2) is 4.79 Å². The fourth-order valence-corrected chi connectivity index (χ4v) is 2.17. The van der Waals surface area contributed by atoms with Crippen LogP contribution in [0.1, 0.15) is 36.2 Å². The van der Waals surface area contributed by atoms with Crippen molar-refractivity contribution in [2.75, 3.05) is 13.2 Å². The summed E-state index contributed by atoms with van der Waals surface area (Å²) in [5, 5.41) is 0. The molecule has 0 unspecified atom stereocenters. The Morgan fingerprint density at radius 2 is 2.00 bits per heavy atom. The zero-order valence-corrected chi connectivity index (χ0v) is 13.5. The van der Waals surface area contributed by atoms with E-state index in [0.717, 1.165) is 12.0 Å². The van der Waals surface area contributed by atoms with Crippen LogP contribution < -0.4 is 10.3 Å². The minimum Gasteiger partial charge on any atom is -0.488 e. The minimum absolute atomic E-state index is 0.178. The first-order valence-electron chi connectivity index (χ1n) is 7.74. The van der Waals surface area contributed by atoms with E-state index in [1.54, 1.807) is 48.0 Å². The number of hydrogen-bond donors (Lipinski definition) is 0. The van der Waals surface area contributed by atoms with Crippen LogP contribution >= 0.6 is 0 Å². The van der Waals surface area contributed by atoms with Gasteiger partial charge in [-0.2, -0.15) is 0 Å². The molecule has 0 saturated heterocycles. The smallest absolute Gasteiger partial charge is 0.338 e. The van der Waals surface area contributed by atoms with Gasteiger partial charge in [-0.3, -0.25) is 4.79 Å².